The first-order valence-electron chi connectivity index (χ1n) is 16.9. The summed E-state index contributed by atoms with van der Waals surface area (Å²) >= 11 is 0. The van der Waals surface area contributed by atoms with E-state index in [9.17, 15) is 0 Å². The van der Waals surface area contributed by atoms with Crippen LogP contribution in [0.25, 0.3) is 27.5 Å². The summed E-state index contributed by atoms with van der Waals surface area (Å²) in [4.78, 5) is 2.47. The molecular formula is C45H31BN2O. The highest BCUT2D eigenvalue weighted by Crippen LogP contribution is 2.56. The summed E-state index contributed by atoms with van der Waals surface area (Å²) in [5.74, 6) is 1.69. The van der Waals surface area contributed by atoms with Gasteiger partial charge in [0.05, 0.1) is 22.4 Å². The lowest BCUT2D eigenvalue weighted by Crippen LogP contribution is -2.54. The molecule has 0 radical (unpaired) electrons. The molecule has 3 nitrogen and oxygen atoms in total. The average molecular weight is 627 g/mol. The summed E-state index contributed by atoms with van der Waals surface area (Å²) < 4.78 is 9.12. The molecular weight excluding hydrogens is 595 g/mol. The fourth-order valence-electron chi connectivity index (χ4n) is 8.31. The van der Waals surface area contributed by atoms with Gasteiger partial charge in [0, 0.05) is 39.1 Å². The first kappa shape index (κ1) is 27.9. The second kappa shape index (κ2) is 10.4. The Hall–Kier alpha value is -6.18. The zero-order valence-electron chi connectivity index (χ0n) is 27.3. The number of hydrogen-bond donors (Lipinski definition) is 0. The molecule has 0 aliphatic carbocycles. The molecule has 3 heterocycles. The van der Waals surface area contributed by atoms with E-state index in [2.05, 4.69) is 175 Å². The van der Waals surface area contributed by atoms with Crippen molar-refractivity contribution in [3.8, 4) is 17.2 Å². The standard InChI is InChI=1S/C45H31BN2O/c1-45(2)34-20-10-13-23-39(34)48(32-25-27-37-42(29-32)49-41-24-14-11-21-36(41)46(37)30-15-5-3-6-16-30)44-35(45)26-28-40-43(44)33-19-9-12-22-38(33)47(40)31-17-7-4-8-18-31/h3-10,12-20,22-29H,1-2H3. The van der Waals surface area contributed by atoms with Crippen molar-refractivity contribution in [2.24, 2.45) is 0 Å². The zero-order chi connectivity index (χ0) is 32.7. The summed E-state index contributed by atoms with van der Waals surface area (Å²) in [6.45, 7) is 4.71. The van der Waals surface area contributed by atoms with E-state index in [0.717, 1.165) is 33.8 Å². The van der Waals surface area contributed by atoms with Gasteiger partial charge in [-0.15, -0.1) is 0 Å². The van der Waals surface area contributed by atoms with Crippen LogP contribution in [0.3, 0.4) is 0 Å². The summed E-state index contributed by atoms with van der Waals surface area (Å²) in [6, 6.07) is 60.9. The van der Waals surface area contributed by atoms with Crippen molar-refractivity contribution in [2.75, 3.05) is 4.90 Å². The van der Waals surface area contributed by atoms with Crippen LogP contribution in [-0.2, 0) is 5.41 Å². The summed E-state index contributed by atoms with van der Waals surface area (Å²) in [5.41, 5.74) is 12.7. The maximum atomic E-state index is 6.72. The smallest absolute Gasteiger partial charge is 0.261 e. The topological polar surface area (TPSA) is 17.4 Å². The number of fused-ring (bicyclic) bond motifs is 8. The third-order valence-corrected chi connectivity index (χ3v) is 10.5. The van der Waals surface area contributed by atoms with Crippen LogP contribution in [0.4, 0.5) is 17.1 Å². The molecule has 2 aliphatic heterocycles. The van der Waals surface area contributed by atoms with Gasteiger partial charge in [-0.1, -0.05) is 129 Å². The molecule has 1 aromatic heterocycles. The molecule has 0 spiro atoms. The van der Waals surface area contributed by atoms with Crippen LogP contribution in [0.2, 0.25) is 0 Å². The van der Waals surface area contributed by atoms with Gasteiger partial charge >= 0.3 is 0 Å². The second-order valence-electron chi connectivity index (χ2n) is 13.6. The molecule has 230 valence electrons. The number of hydrogen-bond acceptors (Lipinski definition) is 2. The third kappa shape index (κ3) is 4.00. The minimum atomic E-state index is -0.221. The molecule has 0 bridgehead atoms. The van der Waals surface area contributed by atoms with E-state index in [1.165, 1.54) is 49.8 Å². The van der Waals surface area contributed by atoms with Crippen LogP contribution in [0.1, 0.15) is 25.0 Å². The molecule has 4 heteroatoms. The van der Waals surface area contributed by atoms with Crippen LogP contribution in [0.5, 0.6) is 11.5 Å². The predicted molar refractivity (Wildman–Crippen MR) is 203 cm³/mol. The normalized spacial score (nSPS) is 14.0. The van der Waals surface area contributed by atoms with E-state index in [4.69, 9.17) is 4.74 Å². The summed E-state index contributed by atoms with van der Waals surface area (Å²) in [7, 11) is 0. The van der Waals surface area contributed by atoms with Crippen molar-refractivity contribution in [1.82, 2.24) is 4.57 Å². The van der Waals surface area contributed by atoms with Crippen molar-refractivity contribution in [2.45, 2.75) is 19.3 Å². The van der Waals surface area contributed by atoms with Crippen molar-refractivity contribution >= 4 is 62.0 Å². The van der Waals surface area contributed by atoms with E-state index in [0.29, 0.717) is 0 Å². The van der Waals surface area contributed by atoms with E-state index in [1.807, 2.05) is 12.1 Å². The van der Waals surface area contributed by atoms with E-state index in [1.54, 1.807) is 0 Å². The van der Waals surface area contributed by atoms with Gasteiger partial charge in [0.2, 0.25) is 0 Å². The second-order valence-corrected chi connectivity index (χ2v) is 13.6. The molecule has 0 saturated heterocycles. The van der Waals surface area contributed by atoms with Crippen LogP contribution in [0.15, 0.2) is 152 Å². The molecule has 0 saturated carbocycles. The maximum absolute atomic E-state index is 6.72. The van der Waals surface area contributed by atoms with Crippen molar-refractivity contribution in [3.63, 3.8) is 0 Å². The predicted octanol–water partition coefficient (Wildman–Crippen LogP) is 9.12. The molecule has 2 aliphatic rings. The van der Waals surface area contributed by atoms with Gasteiger partial charge < -0.3 is 14.2 Å². The quantitative estimate of drug-likeness (QED) is 0.182. The van der Waals surface area contributed by atoms with Gasteiger partial charge in [-0.3, -0.25) is 0 Å². The van der Waals surface area contributed by atoms with Crippen LogP contribution >= 0.6 is 0 Å². The molecule has 49 heavy (non-hydrogen) atoms. The molecule has 0 fully saturated rings. The first-order valence-corrected chi connectivity index (χ1v) is 16.9. The SMILES string of the molecule is CC1(C)c2ccccc2N(c2ccc3c(c2)Oc2ccc#cc2B3c2ccccc2)c2c1ccc1c2c2ccccc2n1-c1ccccc1. The van der Waals surface area contributed by atoms with Gasteiger partial charge in [-0.05, 0) is 65.1 Å². The summed E-state index contributed by atoms with van der Waals surface area (Å²) in [6.07, 6.45) is 0. The first-order chi connectivity index (χ1) is 24.1. The number of aromatic nitrogens is 1. The highest BCUT2D eigenvalue weighted by Gasteiger charge is 2.40. The van der Waals surface area contributed by atoms with E-state index in [-0.39, 0.29) is 12.1 Å². The van der Waals surface area contributed by atoms with Gasteiger partial charge in [-0.2, -0.15) is 0 Å². The monoisotopic (exact) mass is 626 g/mol. The zero-order valence-corrected chi connectivity index (χ0v) is 27.3. The average Bonchev–Trinajstić information content (AvgIpc) is 3.49. The van der Waals surface area contributed by atoms with Crippen LogP contribution in [-0.4, -0.2) is 11.3 Å². The van der Waals surface area contributed by atoms with Gasteiger partial charge in [0.1, 0.15) is 11.5 Å². The minimum absolute atomic E-state index is 0.00173. The fraction of sp³-hybridized carbons (Fsp3) is 0.0667. The number of nitrogens with zero attached hydrogens (tertiary/aromatic N) is 2. The Morgan fingerprint density at radius 3 is 2.24 bits per heavy atom. The Kier molecular flexibility index (Phi) is 5.93. The number of para-hydroxylation sites is 3. The molecule has 0 unspecified atom stereocenters. The van der Waals surface area contributed by atoms with Crippen molar-refractivity contribution < 1.29 is 4.74 Å². The number of rotatable bonds is 3. The van der Waals surface area contributed by atoms with Gasteiger partial charge in [0.25, 0.3) is 6.71 Å². The van der Waals surface area contributed by atoms with Gasteiger partial charge in [-0.25, -0.2) is 0 Å². The Morgan fingerprint density at radius 1 is 0.633 bits per heavy atom. The number of benzene rings is 6. The largest absolute Gasteiger partial charge is 0.458 e. The van der Waals surface area contributed by atoms with Crippen molar-refractivity contribution in [3.05, 3.63) is 175 Å². The highest BCUT2D eigenvalue weighted by molar-refractivity contribution is 6.96. The Balaban J connectivity index is 1.26. The molecule has 0 atom stereocenters. The number of ether oxygens (including phenoxy) is 1. The highest BCUT2D eigenvalue weighted by atomic mass is 16.5. The lowest BCUT2D eigenvalue weighted by atomic mass is 9.36. The molecule has 0 amide bonds. The molecule has 7 aromatic carbocycles. The fourth-order valence-corrected chi connectivity index (χ4v) is 8.31. The lowest BCUT2D eigenvalue weighted by Gasteiger charge is -2.42. The van der Waals surface area contributed by atoms with E-state index >= 15 is 0 Å². The third-order valence-electron chi connectivity index (χ3n) is 10.5. The number of anilines is 3. The Bertz CT molecular complexity index is 2570. The lowest BCUT2D eigenvalue weighted by molar-refractivity contribution is 0.487. The Labute approximate surface area is 286 Å². The molecule has 0 N–H and O–H groups in total. The molecule has 10 rings (SSSR count). The van der Waals surface area contributed by atoms with E-state index < -0.39 is 0 Å². The van der Waals surface area contributed by atoms with Crippen LogP contribution < -0.4 is 26.0 Å². The van der Waals surface area contributed by atoms with Gasteiger partial charge in [0.15, 0.2) is 0 Å². The summed E-state index contributed by atoms with van der Waals surface area (Å²) in [5, 5.41) is 2.48. The molecule has 8 aromatic rings. The minimum Gasteiger partial charge on any atom is -0.458 e. The maximum Gasteiger partial charge on any atom is 0.261 e. The van der Waals surface area contributed by atoms with Crippen molar-refractivity contribution in [1.29, 1.82) is 0 Å². The Morgan fingerprint density at radius 2 is 1.39 bits per heavy atom. The van der Waals surface area contributed by atoms with Crippen LogP contribution in [0, 0.1) is 12.1 Å².